The van der Waals surface area contributed by atoms with Crippen LogP contribution in [0.15, 0.2) is 29.3 Å². The second-order valence-electron chi connectivity index (χ2n) is 3.65. The second-order valence-corrected chi connectivity index (χ2v) is 3.65. The number of nitrogens with zero attached hydrogens (tertiary/aromatic N) is 3. The number of hydrogen-bond acceptors (Lipinski definition) is 3. The SMILES string of the molecule is CC1=Nc2nc3ccccc3n2C(=O)C1. The highest BCUT2D eigenvalue weighted by molar-refractivity contribution is 6.08. The van der Waals surface area contributed by atoms with Crippen LogP contribution in [0.25, 0.3) is 11.0 Å². The molecule has 15 heavy (non-hydrogen) atoms. The van der Waals surface area contributed by atoms with Crippen LogP contribution >= 0.6 is 0 Å². The summed E-state index contributed by atoms with van der Waals surface area (Å²) in [5.41, 5.74) is 2.48. The standard InChI is InChI=1S/C11H9N3O/c1-7-6-10(15)14-9-5-3-2-4-8(9)13-11(14)12-7/h2-5H,6H2,1H3. The number of fused-ring (bicyclic) bond motifs is 3. The van der Waals surface area contributed by atoms with Gasteiger partial charge in [0.15, 0.2) is 0 Å². The first kappa shape index (κ1) is 8.35. The molecule has 4 heteroatoms. The number of imidazole rings is 1. The Balaban J connectivity index is 2.42. The van der Waals surface area contributed by atoms with Crippen molar-refractivity contribution in [3.8, 4) is 0 Å². The van der Waals surface area contributed by atoms with Gasteiger partial charge in [0.05, 0.1) is 17.5 Å². The Morgan fingerprint density at radius 1 is 1.33 bits per heavy atom. The van der Waals surface area contributed by atoms with Gasteiger partial charge in [-0.15, -0.1) is 0 Å². The van der Waals surface area contributed by atoms with Crippen molar-refractivity contribution in [1.29, 1.82) is 0 Å². The summed E-state index contributed by atoms with van der Waals surface area (Å²) in [6.45, 7) is 1.85. The molecule has 0 aliphatic carbocycles. The van der Waals surface area contributed by atoms with Crippen molar-refractivity contribution in [3.63, 3.8) is 0 Å². The Bertz CT molecular complexity index is 595. The monoisotopic (exact) mass is 199 g/mol. The first-order valence-electron chi connectivity index (χ1n) is 4.80. The summed E-state index contributed by atoms with van der Waals surface area (Å²) < 4.78 is 1.59. The third kappa shape index (κ3) is 1.11. The van der Waals surface area contributed by atoms with Crippen molar-refractivity contribution in [2.24, 2.45) is 4.99 Å². The van der Waals surface area contributed by atoms with E-state index in [4.69, 9.17) is 0 Å². The molecule has 0 saturated heterocycles. The third-order valence-corrected chi connectivity index (χ3v) is 2.49. The summed E-state index contributed by atoms with van der Waals surface area (Å²) in [6, 6.07) is 7.58. The molecule has 0 radical (unpaired) electrons. The molecule has 1 aliphatic heterocycles. The van der Waals surface area contributed by atoms with Crippen LogP contribution in [-0.4, -0.2) is 21.2 Å². The minimum Gasteiger partial charge on any atom is -0.274 e. The van der Waals surface area contributed by atoms with Crippen molar-refractivity contribution in [2.45, 2.75) is 13.3 Å². The van der Waals surface area contributed by atoms with Gasteiger partial charge < -0.3 is 0 Å². The first-order valence-corrected chi connectivity index (χ1v) is 4.80. The van der Waals surface area contributed by atoms with E-state index in [0.29, 0.717) is 12.4 Å². The Hall–Kier alpha value is -1.97. The van der Waals surface area contributed by atoms with Crippen molar-refractivity contribution in [3.05, 3.63) is 24.3 Å². The normalized spacial score (nSPS) is 15.3. The lowest BCUT2D eigenvalue weighted by Gasteiger charge is -2.09. The fraction of sp³-hybridized carbons (Fsp3) is 0.182. The number of para-hydroxylation sites is 2. The van der Waals surface area contributed by atoms with Gasteiger partial charge in [-0.05, 0) is 19.1 Å². The maximum atomic E-state index is 11.8. The average molecular weight is 199 g/mol. The van der Waals surface area contributed by atoms with Gasteiger partial charge in [-0.25, -0.2) is 14.5 Å². The molecule has 0 atom stereocenters. The van der Waals surface area contributed by atoms with Gasteiger partial charge in [0.2, 0.25) is 11.9 Å². The van der Waals surface area contributed by atoms with E-state index in [1.54, 1.807) is 4.57 Å². The molecule has 1 aliphatic rings. The highest BCUT2D eigenvalue weighted by Gasteiger charge is 2.20. The number of carbonyl (C=O) groups excluding carboxylic acids is 1. The van der Waals surface area contributed by atoms with Gasteiger partial charge in [0, 0.05) is 5.71 Å². The van der Waals surface area contributed by atoms with E-state index in [2.05, 4.69) is 9.98 Å². The minimum atomic E-state index is 0.0474. The summed E-state index contributed by atoms with van der Waals surface area (Å²) in [7, 11) is 0. The highest BCUT2D eigenvalue weighted by atomic mass is 16.2. The maximum Gasteiger partial charge on any atom is 0.239 e. The zero-order chi connectivity index (χ0) is 10.4. The molecule has 0 bridgehead atoms. The lowest BCUT2D eigenvalue weighted by molar-refractivity contribution is 0.0926. The average Bonchev–Trinajstić information content (AvgIpc) is 2.54. The maximum absolute atomic E-state index is 11.8. The van der Waals surface area contributed by atoms with E-state index < -0.39 is 0 Å². The van der Waals surface area contributed by atoms with Crippen molar-refractivity contribution < 1.29 is 4.79 Å². The summed E-state index contributed by atoms with van der Waals surface area (Å²) in [4.78, 5) is 20.4. The summed E-state index contributed by atoms with van der Waals surface area (Å²) >= 11 is 0. The van der Waals surface area contributed by atoms with E-state index in [1.165, 1.54) is 0 Å². The van der Waals surface area contributed by atoms with Crippen LogP contribution in [0.1, 0.15) is 18.1 Å². The van der Waals surface area contributed by atoms with Gasteiger partial charge in [-0.3, -0.25) is 4.79 Å². The number of hydrogen-bond donors (Lipinski definition) is 0. The molecule has 2 heterocycles. The number of benzene rings is 1. The molecular weight excluding hydrogens is 190 g/mol. The quantitative estimate of drug-likeness (QED) is 0.652. The van der Waals surface area contributed by atoms with E-state index >= 15 is 0 Å². The Labute approximate surface area is 86.3 Å². The van der Waals surface area contributed by atoms with E-state index in [1.807, 2.05) is 31.2 Å². The molecule has 0 saturated carbocycles. The third-order valence-electron chi connectivity index (χ3n) is 2.49. The van der Waals surface area contributed by atoms with Crippen LogP contribution in [-0.2, 0) is 0 Å². The summed E-state index contributed by atoms with van der Waals surface area (Å²) in [5.74, 6) is 0.552. The van der Waals surface area contributed by atoms with Crippen LogP contribution in [0.3, 0.4) is 0 Å². The smallest absolute Gasteiger partial charge is 0.239 e. The molecule has 0 N–H and O–H groups in total. The van der Waals surface area contributed by atoms with E-state index in [0.717, 1.165) is 16.7 Å². The topological polar surface area (TPSA) is 47.2 Å². The number of aromatic nitrogens is 2. The molecule has 74 valence electrons. The lowest BCUT2D eigenvalue weighted by atomic mass is 10.2. The first-order chi connectivity index (χ1) is 7.25. The molecule has 2 aromatic rings. The summed E-state index contributed by atoms with van der Waals surface area (Å²) in [5, 5.41) is 0. The van der Waals surface area contributed by atoms with Crippen molar-refractivity contribution in [1.82, 2.24) is 9.55 Å². The largest absolute Gasteiger partial charge is 0.274 e. The van der Waals surface area contributed by atoms with Gasteiger partial charge in [0.25, 0.3) is 0 Å². The zero-order valence-electron chi connectivity index (χ0n) is 8.27. The summed E-state index contributed by atoms with van der Waals surface area (Å²) in [6.07, 6.45) is 0.382. The molecule has 1 aromatic heterocycles. The van der Waals surface area contributed by atoms with Crippen LogP contribution in [0, 0.1) is 0 Å². The van der Waals surface area contributed by atoms with Crippen LogP contribution in [0.2, 0.25) is 0 Å². The van der Waals surface area contributed by atoms with E-state index in [-0.39, 0.29) is 5.91 Å². The van der Waals surface area contributed by atoms with Crippen molar-refractivity contribution in [2.75, 3.05) is 0 Å². The molecule has 0 fully saturated rings. The van der Waals surface area contributed by atoms with Gasteiger partial charge in [-0.2, -0.15) is 0 Å². The Morgan fingerprint density at radius 2 is 2.13 bits per heavy atom. The van der Waals surface area contributed by atoms with Crippen LogP contribution in [0.5, 0.6) is 0 Å². The molecular formula is C11H9N3O. The lowest BCUT2D eigenvalue weighted by Crippen LogP contribution is -2.17. The van der Waals surface area contributed by atoms with Gasteiger partial charge >= 0.3 is 0 Å². The second kappa shape index (κ2) is 2.76. The fourth-order valence-electron chi connectivity index (χ4n) is 1.84. The van der Waals surface area contributed by atoms with Crippen LogP contribution < -0.4 is 0 Å². The zero-order valence-corrected chi connectivity index (χ0v) is 8.27. The highest BCUT2D eigenvalue weighted by Crippen LogP contribution is 2.25. The van der Waals surface area contributed by atoms with Gasteiger partial charge in [-0.1, -0.05) is 12.1 Å². The molecule has 4 nitrogen and oxygen atoms in total. The fourth-order valence-corrected chi connectivity index (χ4v) is 1.84. The van der Waals surface area contributed by atoms with Gasteiger partial charge in [0.1, 0.15) is 0 Å². The molecule has 0 spiro atoms. The minimum absolute atomic E-state index is 0.0474. The molecule has 1 aromatic carbocycles. The molecule has 0 unspecified atom stereocenters. The Kier molecular flexibility index (Phi) is 1.54. The van der Waals surface area contributed by atoms with Crippen LogP contribution in [0.4, 0.5) is 5.95 Å². The van der Waals surface area contributed by atoms with Crippen molar-refractivity contribution >= 4 is 28.6 Å². The molecule has 0 amide bonds. The molecule has 3 rings (SSSR count). The number of rotatable bonds is 0. The predicted molar refractivity (Wildman–Crippen MR) is 57.7 cm³/mol. The van der Waals surface area contributed by atoms with E-state index in [9.17, 15) is 4.79 Å². The number of carbonyl (C=O) groups is 1. The number of aliphatic imine (C=N–C) groups is 1. The predicted octanol–water partition coefficient (Wildman–Crippen LogP) is 2.17. The Morgan fingerprint density at radius 3 is 3.00 bits per heavy atom.